The van der Waals surface area contributed by atoms with E-state index in [9.17, 15) is 50.1 Å². The second-order valence-electron chi connectivity index (χ2n) is 9.67. The Kier molecular flexibility index (Phi) is 10.3. The van der Waals surface area contributed by atoms with Crippen LogP contribution in [0, 0.1) is 0 Å². The molecule has 0 aliphatic carbocycles. The molecule has 45 heavy (non-hydrogen) atoms. The zero-order valence-electron chi connectivity index (χ0n) is 23.2. The summed E-state index contributed by atoms with van der Waals surface area (Å²) in [5, 5.41) is 69.4. The number of hydrogen-bond acceptors (Lipinski definition) is 14. The van der Waals surface area contributed by atoms with Crippen LogP contribution in [0.25, 0.3) is 12.2 Å². The molecule has 5 atom stereocenters. The van der Waals surface area contributed by atoms with Gasteiger partial charge in [0.2, 0.25) is 6.29 Å². The SMILES string of the molecule is O=C(C=Cc1ccc(O)cc1)OC[C@@H]1O[C@@H](OC(=O)c2cc(O)c(O)c(O)c2)[C@H](OC(=O)C=Cc2ccc(O)cc2)[C@@H](O)[C@@H]1O. The fraction of sp³-hybridized carbons (Fsp3) is 0.194. The number of phenolic OH excluding ortho intramolecular Hbond substituents is 5. The molecule has 3 aromatic carbocycles. The molecule has 1 aliphatic heterocycles. The minimum Gasteiger partial charge on any atom is -0.508 e. The topological polar surface area (TPSA) is 230 Å². The van der Waals surface area contributed by atoms with Crippen molar-refractivity contribution in [3.05, 3.63) is 89.5 Å². The van der Waals surface area contributed by atoms with Gasteiger partial charge in [0.25, 0.3) is 0 Å². The van der Waals surface area contributed by atoms with Gasteiger partial charge in [-0.3, -0.25) is 0 Å². The molecule has 7 N–H and O–H groups in total. The van der Waals surface area contributed by atoms with Crippen molar-refractivity contribution in [2.45, 2.75) is 30.7 Å². The van der Waals surface area contributed by atoms with E-state index in [2.05, 4.69) is 0 Å². The number of phenols is 5. The highest BCUT2D eigenvalue weighted by molar-refractivity contribution is 5.91. The third-order valence-electron chi connectivity index (χ3n) is 6.43. The van der Waals surface area contributed by atoms with Crippen LogP contribution in [0.4, 0.5) is 0 Å². The minimum absolute atomic E-state index is 0.000267. The van der Waals surface area contributed by atoms with E-state index < -0.39 is 78.0 Å². The molecule has 14 heteroatoms. The van der Waals surface area contributed by atoms with Crippen LogP contribution in [-0.4, -0.2) is 91.0 Å². The highest BCUT2D eigenvalue weighted by atomic mass is 16.7. The lowest BCUT2D eigenvalue weighted by atomic mass is 9.99. The predicted molar refractivity (Wildman–Crippen MR) is 153 cm³/mol. The first-order valence-corrected chi connectivity index (χ1v) is 13.2. The summed E-state index contributed by atoms with van der Waals surface area (Å²) >= 11 is 0. The molecule has 0 spiro atoms. The molecule has 14 nitrogen and oxygen atoms in total. The van der Waals surface area contributed by atoms with Gasteiger partial charge in [0.05, 0.1) is 5.56 Å². The van der Waals surface area contributed by atoms with Crippen molar-refractivity contribution in [1.82, 2.24) is 0 Å². The summed E-state index contributed by atoms with van der Waals surface area (Å²) < 4.78 is 21.2. The molecule has 4 rings (SSSR count). The zero-order valence-corrected chi connectivity index (χ0v) is 23.2. The van der Waals surface area contributed by atoms with E-state index in [4.69, 9.17) is 18.9 Å². The summed E-state index contributed by atoms with van der Waals surface area (Å²) in [5.74, 6) is -5.75. The molecule has 1 saturated heterocycles. The van der Waals surface area contributed by atoms with Crippen LogP contribution in [0.15, 0.2) is 72.8 Å². The molecule has 1 heterocycles. The van der Waals surface area contributed by atoms with Crippen molar-refractivity contribution in [3.8, 4) is 28.7 Å². The maximum Gasteiger partial charge on any atom is 0.340 e. The van der Waals surface area contributed by atoms with Gasteiger partial charge in [0, 0.05) is 12.2 Å². The normalized spacial score (nSPS) is 21.4. The third-order valence-corrected chi connectivity index (χ3v) is 6.43. The van der Waals surface area contributed by atoms with Crippen LogP contribution in [-0.2, 0) is 28.5 Å². The number of aliphatic hydroxyl groups is 2. The lowest BCUT2D eigenvalue weighted by Crippen LogP contribution is -2.61. The van der Waals surface area contributed by atoms with Gasteiger partial charge >= 0.3 is 17.9 Å². The van der Waals surface area contributed by atoms with Crippen LogP contribution >= 0.6 is 0 Å². The van der Waals surface area contributed by atoms with Crippen LogP contribution < -0.4 is 0 Å². The maximum absolute atomic E-state index is 12.9. The van der Waals surface area contributed by atoms with E-state index >= 15 is 0 Å². The standard InChI is InChI=1S/C31H28O14/c32-19-7-1-16(2-8-19)5-11-24(36)42-15-23-27(39)28(40)29(44-25(37)12-6-17-3-9-20(33)10-4-17)31(43-23)45-30(41)18-13-21(34)26(38)22(35)14-18/h1-14,23,27-29,31-35,38-40H,15H2/t23-,27+,28-,29+,31-/m0/s1. The summed E-state index contributed by atoms with van der Waals surface area (Å²) in [6.45, 7) is -0.646. The molecule has 0 aromatic heterocycles. The van der Waals surface area contributed by atoms with Gasteiger partial charge in [-0.25, -0.2) is 14.4 Å². The lowest BCUT2D eigenvalue weighted by molar-refractivity contribution is -0.289. The molecule has 1 aliphatic rings. The van der Waals surface area contributed by atoms with E-state index in [0.29, 0.717) is 11.1 Å². The number of esters is 3. The fourth-order valence-corrected chi connectivity index (χ4v) is 4.04. The Labute approximate surface area is 254 Å². The number of hydrogen-bond donors (Lipinski definition) is 7. The van der Waals surface area contributed by atoms with Gasteiger partial charge in [-0.15, -0.1) is 0 Å². The molecule has 0 bridgehead atoms. The lowest BCUT2D eigenvalue weighted by Gasteiger charge is -2.40. The van der Waals surface area contributed by atoms with Crippen molar-refractivity contribution >= 4 is 30.1 Å². The second kappa shape index (κ2) is 14.3. The summed E-state index contributed by atoms with van der Waals surface area (Å²) in [4.78, 5) is 37.7. The summed E-state index contributed by atoms with van der Waals surface area (Å²) in [5.41, 5.74) is 0.602. The van der Waals surface area contributed by atoms with Crippen molar-refractivity contribution in [2.24, 2.45) is 0 Å². The largest absolute Gasteiger partial charge is 0.508 e. The van der Waals surface area contributed by atoms with Gasteiger partial charge in [0.15, 0.2) is 23.4 Å². The molecule has 1 fully saturated rings. The Morgan fingerprint density at radius 3 is 1.76 bits per heavy atom. The van der Waals surface area contributed by atoms with Crippen molar-refractivity contribution in [3.63, 3.8) is 0 Å². The number of benzene rings is 3. The molecule has 0 unspecified atom stereocenters. The molecule has 0 amide bonds. The van der Waals surface area contributed by atoms with Gasteiger partial charge in [-0.2, -0.15) is 0 Å². The molecular formula is C31H28O14. The highest BCUT2D eigenvalue weighted by Crippen LogP contribution is 2.36. The average molecular weight is 625 g/mol. The Bertz CT molecular complexity index is 1550. The quantitative estimate of drug-likeness (QED) is 0.0778. The number of aromatic hydroxyl groups is 5. The fourth-order valence-electron chi connectivity index (χ4n) is 4.04. The van der Waals surface area contributed by atoms with Gasteiger partial charge in [0.1, 0.15) is 36.4 Å². The minimum atomic E-state index is -1.93. The van der Waals surface area contributed by atoms with Crippen LogP contribution in [0.5, 0.6) is 28.7 Å². The molecule has 3 aromatic rings. The Morgan fingerprint density at radius 1 is 0.711 bits per heavy atom. The first-order chi connectivity index (χ1) is 21.4. The highest BCUT2D eigenvalue weighted by Gasteiger charge is 2.49. The van der Waals surface area contributed by atoms with Crippen LogP contribution in [0.2, 0.25) is 0 Å². The zero-order chi connectivity index (χ0) is 32.7. The van der Waals surface area contributed by atoms with Crippen molar-refractivity contribution < 1.29 is 69.1 Å². The number of carbonyl (C=O) groups excluding carboxylic acids is 3. The van der Waals surface area contributed by atoms with Crippen molar-refractivity contribution in [2.75, 3.05) is 6.61 Å². The van der Waals surface area contributed by atoms with Crippen LogP contribution in [0.3, 0.4) is 0 Å². The summed E-state index contributed by atoms with van der Waals surface area (Å²) in [6.07, 6.45) is -4.21. The molecule has 236 valence electrons. The van der Waals surface area contributed by atoms with E-state index in [1.807, 2.05) is 0 Å². The second-order valence-corrected chi connectivity index (χ2v) is 9.67. The number of rotatable bonds is 9. The van der Waals surface area contributed by atoms with E-state index in [-0.39, 0.29) is 11.5 Å². The Hall–Kier alpha value is -5.57. The van der Waals surface area contributed by atoms with Gasteiger partial charge in [-0.05, 0) is 59.7 Å². The molecular weight excluding hydrogens is 596 g/mol. The molecule has 0 radical (unpaired) electrons. The predicted octanol–water partition coefficient (Wildman–Crippen LogP) is 1.70. The first-order valence-electron chi connectivity index (χ1n) is 13.2. The number of ether oxygens (including phenoxy) is 4. The summed E-state index contributed by atoms with van der Waals surface area (Å²) in [7, 11) is 0. The van der Waals surface area contributed by atoms with E-state index in [1.165, 1.54) is 60.7 Å². The van der Waals surface area contributed by atoms with Gasteiger partial charge < -0.3 is 54.7 Å². The van der Waals surface area contributed by atoms with E-state index in [0.717, 1.165) is 24.3 Å². The Morgan fingerprint density at radius 2 is 1.22 bits per heavy atom. The monoisotopic (exact) mass is 624 g/mol. The smallest absolute Gasteiger partial charge is 0.340 e. The maximum atomic E-state index is 12.9. The van der Waals surface area contributed by atoms with Gasteiger partial charge in [-0.1, -0.05) is 24.3 Å². The molecule has 0 saturated carbocycles. The third kappa shape index (κ3) is 8.51. The van der Waals surface area contributed by atoms with E-state index in [1.54, 1.807) is 0 Å². The average Bonchev–Trinajstić information content (AvgIpc) is 3.01. The first kappa shape index (κ1) is 32.3. The number of carbonyl (C=O) groups is 3. The Balaban J connectivity index is 1.49. The summed E-state index contributed by atoms with van der Waals surface area (Å²) in [6, 6.07) is 13.2. The van der Waals surface area contributed by atoms with Crippen molar-refractivity contribution in [1.29, 1.82) is 0 Å². The number of aliphatic hydroxyl groups excluding tert-OH is 2. The van der Waals surface area contributed by atoms with Crippen LogP contribution in [0.1, 0.15) is 21.5 Å².